The van der Waals surface area contributed by atoms with E-state index in [-0.39, 0.29) is 5.91 Å². The number of rotatable bonds is 5. The van der Waals surface area contributed by atoms with Gasteiger partial charge in [0.15, 0.2) is 0 Å². The molecule has 2 aromatic rings. The minimum absolute atomic E-state index is 0.218. The number of carbonyl (C=O) groups excluding carboxylic acids is 1. The molecule has 2 heterocycles. The van der Waals surface area contributed by atoms with Crippen LogP contribution in [-0.4, -0.2) is 44.4 Å². The molecule has 1 aromatic carbocycles. The third-order valence-electron chi connectivity index (χ3n) is 4.57. The third kappa shape index (κ3) is 3.80. The standard InChI is InChI=1S/C18H24N4OS/c1-3-21-13-19-20-18(21)15-8-6-10-22(11-15)17(23)12-24-16-9-5-4-7-14(16)2/h4-5,7,9,13,15H,3,6,8,10-12H2,1-2H3/t15-/m1/s1. The highest BCUT2D eigenvalue weighted by Gasteiger charge is 2.27. The van der Waals surface area contributed by atoms with Gasteiger partial charge in [0.05, 0.1) is 5.75 Å². The van der Waals surface area contributed by atoms with Crippen LogP contribution in [0.15, 0.2) is 35.5 Å². The molecule has 0 saturated carbocycles. The molecule has 24 heavy (non-hydrogen) atoms. The Kier molecular flexibility index (Phi) is 5.56. The van der Waals surface area contributed by atoms with Gasteiger partial charge < -0.3 is 9.47 Å². The van der Waals surface area contributed by atoms with E-state index in [2.05, 4.69) is 40.7 Å². The number of nitrogens with zero attached hydrogens (tertiary/aromatic N) is 4. The van der Waals surface area contributed by atoms with Gasteiger partial charge >= 0.3 is 0 Å². The van der Waals surface area contributed by atoms with Crippen LogP contribution in [-0.2, 0) is 11.3 Å². The number of carbonyl (C=O) groups is 1. The van der Waals surface area contributed by atoms with Crippen LogP contribution in [0.2, 0.25) is 0 Å². The molecule has 128 valence electrons. The largest absolute Gasteiger partial charge is 0.341 e. The van der Waals surface area contributed by atoms with Crippen LogP contribution in [0.3, 0.4) is 0 Å². The average molecular weight is 344 g/mol. The summed E-state index contributed by atoms with van der Waals surface area (Å²) in [7, 11) is 0. The molecule has 1 atom stereocenters. The summed E-state index contributed by atoms with van der Waals surface area (Å²) in [5.74, 6) is 2.03. The fourth-order valence-electron chi connectivity index (χ4n) is 3.19. The zero-order valence-corrected chi connectivity index (χ0v) is 15.1. The summed E-state index contributed by atoms with van der Waals surface area (Å²) in [4.78, 5) is 15.8. The van der Waals surface area contributed by atoms with Crippen molar-refractivity contribution in [1.82, 2.24) is 19.7 Å². The zero-order chi connectivity index (χ0) is 16.9. The molecular weight excluding hydrogens is 320 g/mol. The Hall–Kier alpha value is -1.82. The Morgan fingerprint density at radius 1 is 1.38 bits per heavy atom. The highest BCUT2D eigenvalue weighted by molar-refractivity contribution is 8.00. The number of aryl methyl sites for hydroxylation is 2. The lowest BCUT2D eigenvalue weighted by Gasteiger charge is -2.32. The van der Waals surface area contributed by atoms with E-state index in [4.69, 9.17) is 0 Å². The van der Waals surface area contributed by atoms with Gasteiger partial charge in [-0.3, -0.25) is 4.79 Å². The predicted octanol–water partition coefficient (Wildman–Crippen LogP) is 3.10. The topological polar surface area (TPSA) is 51.0 Å². The quantitative estimate of drug-likeness (QED) is 0.782. The van der Waals surface area contributed by atoms with Crippen LogP contribution in [0.5, 0.6) is 0 Å². The van der Waals surface area contributed by atoms with Crippen molar-refractivity contribution in [3.63, 3.8) is 0 Å². The maximum Gasteiger partial charge on any atom is 0.232 e. The maximum atomic E-state index is 12.6. The van der Waals surface area contributed by atoms with Crippen molar-refractivity contribution in [3.05, 3.63) is 42.0 Å². The van der Waals surface area contributed by atoms with Crippen molar-refractivity contribution in [1.29, 1.82) is 0 Å². The SMILES string of the molecule is CCn1cnnc1[C@@H]1CCCN(C(=O)CSc2ccccc2C)C1. The highest BCUT2D eigenvalue weighted by Crippen LogP contribution is 2.27. The van der Waals surface area contributed by atoms with E-state index in [0.29, 0.717) is 11.7 Å². The summed E-state index contributed by atoms with van der Waals surface area (Å²) in [5, 5.41) is 8.31. The zero-order valence-electron chi connectivity index (χ0n) is 14.3. The van der Waals surface area contributed by atoms with Gasteiger partial charge in [-0.1, -0.05) is 18.2 Å². The Bertz CT molecular complexity index is 700. The van der Waals surface area contributed by atoms with Gasteiger partial charge in [-0.05, 0) is 38.3 Å². The third-order valence-corrected chi connectivity index (χ3v) is 5.73. The fourth-order valence-corrected chi connectivity index (χ4v) is 4.12. The Balaban J connectivity index is 1.60. The minimum Gasteiger partial charge on any atom is -0.341 e. The number of likely N-dealkylation sites (tertiary alicyclic amines) is 1. The summed E-state index contributed by atoms with van der Waals surface area (Å²) in [6, 6.07) is 8.21. The van der Waals surface area contributed by atoms with E-state index in [0.717, 1.165) is 38.3 Å². The molecule has 3 rings (SSSR count). The molecule has 1 amide bonds. The van der Waals surface area contributed by atoms with Crippen molar-refractivity contribution in [2.24, 2.45) is 0 Å². The summed E-state index contributed by atoms with van der Waals surface area (Å²) < 4.78 is 2.08. The molecule has 0 radical (unpaired) electrons. The molecule has 1 fully saturated rings. The van der Waals surface area contributed by atoms with Crippen molar-refractivity contribution >= 4 is 17.7 Å². The van der Waals surface area contributed by atoms with Crippen LogP contribution in [0.4, 0.5) is 0 Å². The minimum atomic E-state index is 0.218. The van der Waals surface area contributed by atoms with Gasteiger partial charge in [0, 0.05) is 30.4 Å². The second kappa shape index (κ2) is 7.83. The number of piperidine rings is 1. The number of thioether (sulfide) groups is 1. The Morgan fingerprint density at radius 2 is 2.21 bits per heavy atom. The molecule has 6 heteroatoms. The molecule has 0 unspecified atom stereocenters. The molecule has 0 bridgehead atoms. The molecule has 0 N–H and O–H groups in total. The van der Waals surface area contributed by atoms with Gasteiger partial charge in [0.1, 0.15) is 12.2 Å². The molecular formula is C18H24N4OS. The molecule has 0 spiro atoms. The maximum absolute atomic E-state index is 12.6. The highest BCUT2D eigenvalue weighted by atomic mass is 32.2. The number of hydrogen-bond donors (Lipinski definition) is 0. The number of hydrogen-bond acceptors (Lipinski definition) is 4. The molecule has 1 aliphatic heterocycles. The summed E-state index contributed by atoms with van der Waals surface area (Å²) >= 11 is 1.63. The van der Waals surface area contributed by atoms with E-state index < -0.39 is 0 Å². The first-order chi connectivity index (χ1) is 11.7. The summed E-state index contributed by atoms with van der Waals surface area (Å²) in [5.41, 5.74) is 1.22. The van der Waals surface area contributed by atoms with Gasteiger partial charge in [-0.25, -0.2) is 0 Å². The lowest BCUT2D eigenvalue weighted by atomic mass is 9.97. The van der Waals surface area contributed by atoms with Crippen LogP contribution >= 0.6 is 11.8 Å². The van der Waals surface area contributed by atoms with Gasteiger partial charge in [-0.2, -0.15) is 0 Å². The molecule has 0 aliphatic carbocycles. The number of amides is 1. The van der Waals surface area contributed by atoms with E-state index in [1.165, 1.54) is 10.5 Å². The van der Waals surface area contributed by atoms with E-state index >= 15 is 0 Å². The number of aromatic nitrogens is 3. The first-order valence-electron chi connectivity index (χ1n) is 8.53. The van der Waals surface area contributed by atoms with Gasteiger partial charge in [0.2, 0.25) is 5.91 Å². The molecule has 1 aromatic heterocycles. The van der Waals surface area contributed by atoms with Crippen LogP contribution in [0.25, 0.3) is 0 Å². The fraction of sp³-hybridized carbons (Fsp3) is 0.500. The van der Waals surface area contributed by atoms with Crippen molar-refractivity contribution in [3.8, 4) is 0 Å². The second-order valence-electron chi connectivity index (χ2n) is 6.21. The summed E-state index contributed by atoms with van der Waals surface area (Å²) in [6.07, 6.45) is 3.89. The molecule has 5 nitrogen and oxygen atoms in total. The first-order valence-corrected chi connectivity index (χ1v) is 9.51. The van der Waals surface area contributed by atoms with E-state index in [1.54, 1.807) is 18.1 Å². The molecule has 1 aliphatic rings. The van der Waals surface area contributed by atoms with Gasteiger partial charge in [-0.15, -0.1) is 22.0 Å². The Labute approximate surface area is 147 Å². The lowest BCUT2D eigenvalue weighted by Crippen LogP contribution is -2.40. The van der Waals surface area contributed by atoms with Crippen LogP contribution in [0, 0.1) is 6.92 Å². The smallest absolute Gasteiger partial charge is 0.232 e. The molecule has 1 saturated heterocycles. The number of benzene rings is 1. The first kappa shape index (κ1) is 17.0. The average Bonchev–Trinajstić information content (AvgIpc) is 3.09. The van der Waals surface area contributed by atoms with Crippen LogP contribution < -0.4 is 0 Å². The summed E-state index contributed by atoms with van der Waals surface area (Å²) in [6.45, 7) is 6.66. The normalized spacial score (nSPS) is 17.9. The van der Waals surface area contributed by atoms with Crippen molar-refractivity contribution < 1.29 is 4.79 Å². The Morgan fingerprint density at radius 3 is 3.00 bits per heavy atom. The van der Waals surface area contributed by atoms with Crippen LogP contribution in [0.1, 0.15) is 37.1 Å². The predicted molar refractivity (Wildman–Crippen MR) is 96.2 cm³/mol. The van der Waals surface area contributed by atoms with Crippen molar-refractivity contribution in [2.75, 3.05) is 18.8 Å². The van der Waals surface area contributed by atoms with E-state index in [1.807, 2.05) is 17.0 Å². The van der Waals surface area contributed by atoms with E-state index in [9.17, 15) is 4.79 Å². The second-order valence-corrected chi connectivity index (χ2v) is 7.23. The van der Waals surface area contributed by atoms with Crippen molar-refractivity contribution in [2.45, 2.75) is 44.0 Å². The monoisotopic (exact) mass is 344 g/mol. The van der Waals surface area contributed by atoms with Gasteiger partial charge in [0.25, 0.3) is 0 Å². The lowest BCUT2D eigenvalue weighted by molar-refractivity contribution is -0.129.